The third kappa shape index (κ3) is 5.53. The van der Waals surface area contributed by atoms with Crippen LogP contribution in [0.25, 0.3) is 0 Å². The minimum absolute atomic E-state index is 0.284. The van der Waals surface area contributed by atoms with Gasteiger partial charge < -0.3 is 16.4 Å². The van der Waals surface area contributed by atoms with Crippen molar-refractivity contribution in [1.29, 1.82) is 0 Å². The van der Waals surface area contributed by atoms with Gasteiger partial charge in [0.2, 0.25) is 0 Å². The normalized spacial score (nSPS) is 11.3. The van der Waals surface area contributed by atoms with Crippen LogP contribution in [-0.4, -0.2) is 37.5 Å². The Morgan fingerprint density at radius 2 is 2.20 bits per heavy atom. The summed E-state index contributed by atoms with van der Waals surface area (Å²) in [6.07, 6.45) is 1.46. The van der Waals surface area contributed by atoms with Gasteiger partial charge in [-0.15, -0.1) is 0 Å². The van der Waals surface area contributed by atoms with Crippen LogP contribution in [0, 0.1) is 0 Å². The van der Waals surface area contributed by atoms with E-state index in [9.17, 15) is 0 Å². The molecule has 0 aromatic heterocycles. The molecule has 0 aliphatic heterocycles. The largest absolute Gasteiger partial charge is 0.363 e. The predicted octanol–water partition coefficient (Wildman–Crippen LogP) is -0.790. The molecule has 4 N–H and O–H groups in total. The molecule has 0 atom stereocenters. The number of hydrogen-bond acceptors (Lipinski definition) is 3. The molecule has 4 heteroatoms. The third-order valence-electron chi connectivity index (χ3n) is 0.960. The summed E-state index contributed by atoms with van der Waals surface area (Å²) in [6, 6.07) is 0. The molecule has 0 radical (unpaired) electrons. The third-order valence-corrected chi connectivity index (χ3v) is 0.960. The second kappa shape index (κ2) is 5.20. The van der Waals surface area contributed by atoms with Crippen LogP contribution in [-0.2, 0) is 0 Å². The first-order chi connectivity index (χ1) is 4.66. The van der Waals surface area contributed by atoms with Crippen molar-refractivity contribution in [2.45, 2.75) is 13.1 Å². The lowest BCUT2D eigenvalue weighted by Crippen LogP contribution is -2.41. The van der Waals surface area contributed by atoms with E-state index in [1.165, 1.54) is 0 Å². The molecule has 0 aromatic carbocycles. The quantitative estimate of drug-likeness (QED) is 0.309. The highest BCUT2D eigenvalue weighted by Gasteiger charge is 1.95. The number of nitrogens with two attached hydrogens (primary N) is 2. The Balaban J connectivity index is 3.42. The van der Waals surface area contributed by atoms with Crippen LogP contribution in [0.1, 0.15) is 6.92 Å². The van der Waals surface area contributed by atoms with Crippen molar-refractivity contribution in [1.82, 2.24) is 4.90 Å². The lowest BCUT2D eigenvalue weighted by molar-refractivity contribution is 0.464. The molecule has 0 aromatic rings. The summed E-state index contributed by atoms with van der Waals surface area (Å²) in [6.45, 7) is 3.42. The summed E-state index contributed by atoms with van der Waals surface area (Å²) < 4.78 is 0. The lowest BCUT2D eigenvalue weighted by Gasteiger charge is -2.14. The van der Waals surface area contributed by atoms with Gasteiger partial charge in [0.15, 0.2) is 0 Å². The molecule has 0 saturated heterocycles. The first kappa shape index (κ1) is 9.39. The van der Waals surface area contributed by atoms with Gasteiger partial charge in [0.1, 0.15) is 0 Å². The van der Waals surface area contributed by atoms with Crippen LogP contribution in [0.4, 0.5) is 0 Å². The molecule has 60 valence electrons. The second-order valence-corrected chi connectivity index (χ2v) is 2.22. The van der Waals surface area contributed by atoms with Crippen molar-refractivity contribution in [2.24, 2.45) is 16.5 Å². The van der Waals surface area contributed by atoms with Gasteiger partial charge in [-0.1, -0.05) is 0 Å². The maximum atomic E-state index is 5.34. The molecular weight excluding hydrogens is 128 g/mol. The Labute approximate surface area is 61.9 Å². The summed E-state index contributed by atoms with van der Waals surface area (Å²) in [5.41, 5.74) is 10.7. The Bertz CT molecular complexity index is 99.9. The zero-order chi connectivity index (χ0) is 7.98. The average molecular weight is 144 g/mol. The molecule has 0 rings (SSSR count). The van der Waals surface area contributed by atoms with Gasteiger partial charge in [-0.3, -0.25) is 4.99 Å². The number of aliphatic imine (C=N–C) groups is 1. The monoisotopic (exact) mass is 144 g/mol. The summed E-state index contributed by atoms with van der Waals surface area (Å²) in [7, 11) is 1.89. The van der Waals surface area contributed by atoms with Gasteiger partial charge >= 0.3 is 0 Å². The van der Waals surface area contributed by atoms with E-state index >= 15 is 0 Å². The molecule has 0 spiro atoms. The van der Waals surface area contributed by atoms with Crippen molar-refractivity contribution in [2.75, 3.05) is 20.1 Å². The highest BCUT2D eigenvalue weighted by Crippen LogP contribution is 1.76. The maximum Gasteiger partial charge on any atom is 0.0848 e. The molecule has 0 saturated carbocycles. The fourth-order valence-corrected chi connectivity index (χ4v) is 0.601. The molecule has 0 fully saturated rings. The van der Waals surface area contributed by atoms with E-state index in [1.807, 2.05) is 18.9 Å². The van der Waals surface area contributed by atoms with Gasteiger partial charge in [-0.25, -0.2) is 0 Å². The van der Waals surface area contributed by atoms with Gasteiger partial charge in [0.25, 0.3) is 0 Å². The number of rotatable bonds is 4. The zero-order valence-corrected chi connectivity index (χ0v) is 6.62. The number of hydrogen-bond donors (Lipinski definition) is 2. The van der Waals surface area contributed by atoms with Crippen molar-refractivity contribution in [3.05, 3.63) is 0 Å². The molecular formula is C6H16N4. The van der Waals surface area contributed by atoms with Crippen molar-refractivity contribution in [3.63, 3.8) is 0 Å². The van der Waals surface area contributed by atoms with E-state index in [-0.39, 0.29) is 6.17 Å². The molecule has 0 aliphatic rings. The van der Waals surface area contributed by atoms with Crippen molar-refractivity contribution >= 4 is 6.34 Å². The van der Waals surface area contributed by atoms with Gasteiger partial charge in [0, 0.05) is 20.1 Å². The fourth-order valence-electron chi connectivity index (χ4n) is 0.601. The van der Waals surface area contributed by atoms with Gasteiger partial charge in [0.05, 0.1) is 12.5 Å². The van der Waals surface area contributed by atoms with Crippen LogP contribution >= 0.6 is 0 Å². The van der Waals surface area contributed by atoms with Gasteiger partial charge in [-0.2, -0.15) is 0 Å². The Morgan fingerprint density at radius 3 is 2.60 bits per heavy atom. The van der Waals surface area contributed by atoms with Crippen LogP contribution in [0.2, 0.25) is 0 Å². The Hall–Kier alpha value is -0.610. The SMILES string of the molecule is CC/N=C\N(C)CC(N)N. The molecule has 0 heterocycles. The van der Waals surface area contributed by atoms with Crippen LogP contribution in [0.3, 0.4) is 0 Å². The van der Waals surface area contributed by atoms with Crippen molar-refractivity contribution < 1.29 is 0 Å². The van der Waals surface area contributed by atoms with Crippen LogP contribution in [0.15, 0.2) is 4.99 Å². The predicted molar refractivity (Wildman–Crippen MR) is 43.8 cm³/mol. The molecule has 0 aliphatic carbocycles. The highest BCUT2D eigenvalue weighted by molar-refractivity contribution is 5.54. The number of likely N-dealkylation sites (N-methyl/N-ethyl adjacent to an activating group) is 1. The average Bonchev–Trinajstić information content (AvgIpc) is 1.82. The van der Waals surface area contributed by atoms with E-state index in [2.05, 4.69) is 4.99 Å². The highest BCUT2D eigenvalue weighted by atomic mass is 15.1. The summed E-state index contributed by atoms with van der Waals surface area (Å²) in [5, 5.41) is 0. The minimum Gasteiger partial charge on any atom is -0.363 e. The smallest absolute Gasteiger partial charge is 0.0848 e. The van der Waals surface area contributed by atoms with E-state index in [4.69, 9.17) is 11.5 Å². The Kier molecular flexibility index (Phi) is 4.88. The topological polar surface area (TPSA) is 67.6 Å². The summed E-state index contributed by atoms with van der Waals surface area (Å²) >= 11 is 0. The Morgan fingerprint density at radius 1 is 1.60 bits per heavy atom. The molecule has 4 nitrogen and oxygen atoms in total. The molecule has 0 bridgehead atoms. The first-order valence-electron chi connectivity index (χ1n) is 3.38. The fraction of sp³-hybridized carbons (Fsp3) is 0.833. The second-order valence-electron chi connectivity index (χ2n) is 2.22. The maximum absolute atomic E-state index is 5.34. The zero-order valence-electron chi connectivity index (χ0n) is 6.62. The summed E-state index contributed by atoms with van der Waals surface area (Å²) in [4.78, 5) is 5.88. The molecule has 0 amide bonds. The lowest BCUT2D eigenvalue weighted by atomic mass is 10.5. The van der Waals surface area contributed by atoms with Gasteiger partial charge in [-0.05, 0) is 6.92 Å². The van der Waals surface area contributed by atoms with E-state index in [0.29, 0.717) is 6.54 Å². The minimum atomic E-state index is -0.284. The van der Waals surface area contributed by atoms with E-state index in [0.717, 1.165) is 6.54 Å². The van der Waals surface area contributed by atoms with Crippen LogP contribution in [0.5, 0.6) is 0 Å². The van der Waals surface area contributed by atoms with E-state index in [1.54, 1.807) is 6.34 Å². The number of nitrogens with zero attached hydrogens (tertiary/aromatic N) is 2. The molecule has 0 unspecified atom stereocenters. The standard InChI is InChI=1S/C6H16N4/c1-3-9-5-10(2)4-6(7)8/h5-6H,3-4,7-8H2,1-2H3/b9-5-. The van der Waals surface area contributed by atoms with Crippen molar-refractivity contribution in [3.8, 4) is 0 Å². The first-order valence-corrected chi connectivity index (χ1v) is 3.38. The van der Waals surface area contributed by atoms with Crippen LogP contribution < -0.4 is 11.5 Å². The molecule has 10 heavy (non-hydrogen) atoms. The summed E-state index contributed by atoms with van der Waals surface area (Å²) in [5.74, 6) is 0. The van der Waals surface area contributed by atoms with E-state index < -0.39 is 0 Å².